The van der Waals surface area contributed by atoms with E-state index in [4.69, 9.17) is 4.74 Å². The Morgan fingerprint density at radius 3 is 2.56 bits per heavy atom. The molecule has 0 unspecified atom stereocenters. The van der Waals surface area contributed by atoms with Crippen LogP contribution in [-0.2, 0) is 11.3 Å². The van der Waals surface area contributed by atoms with Crippen molar-refractivity contribution in [2.24, 2.45) is 0 Å². The third-order valence-corrected chi connectivity index (χ3v) is 4.49. The zero-order valence-corrected chi connectivity index (χ0v) is 14.0. The number of carbonyl (C=O) groups excluding carboxylic acids is 1. The van der Waals surface area contributed by atoms with Gasteiger partial charge in [0.05, 0.1) is 0 Å². The van der Waals surface area contributed by atoms with Gasteiger partial charge in [-0.3, -0.25) is 9.78 Å². The predicted octanol–water partition coefficient (Wildman–Crippen LogP) is 3.80. The van der Waals surface area contributed by atoms with Gasteiger partial charge >= 0.3 is 0 Å². The van der Waals surface area contributed by atoms with Crippen molar-refractivity contribution < 1.29 is 9.53 Å². The van der Waals surface area contributed by atoms with E-state index in [0.717, 1.165) is 29.5 Å². The fraction of sp³-hybridized carbons (Fsp3) is 0.238. The maximum atomic E-state index is 12.7. The van der Waals surface area contributed by atoms with Crippen LogP contribution in [0.4, 0.5) is 0 Å². The van der Waals surface area contributed by atoms with Crippen LogP contribution >= 0.6 is 0 Å². The van der Waals surface area contributed by atoms with Crippen LogP contribution in [0.25, 0.3) is 10.8 Å². The molecular weight excluding hydrogens is 312 g/mol. The zero-order valence-electron chi connectivity index (χ0n) is 14.0. The third kappa shape index (κ3) is 3.79. The summed E-state index contributed by atoms with van der Waals surface area (Å²) in [6, 6.07) is 18.3. The molecule has 1 aliphatic rings. The van der Waals surface area contributed by atoms with E-state index in [1.807, 2.05) is 53.4 Å². The first kappa shape index (κ1) is 15.6. The molecule has 25 heavy (non-hydrogen) atoms. The molecule has 0 bridgehead atoms. The minimum absolute atomic E-state index is 0.0347. The van der Waals surface area contributed by atoms with Crippen LogP contribution in [-0.4, -0.2) is 28.4 Å². The van der Waals surface area contributed by atoms with Crippen LogP contribution in [0.2, 0.25) is 0 Å². The molecule has 0 aliphatic heterocycles. The largest absolute Gasteiger partial charge is 0.484 e. The molecule has 1 fully saturated rings. The van der Waals surface area contributed by atoms with Crippen molar-refractivity contribution in [2.75, 3.05) is 6.61 Å². The third-order valence-electron chi connectivity index (χ3n) is 4.49. The highest BCUT2D eigenvalue weighted by atomic mass is 16.5. The lowest BCUT2D eigenvalue weighted by Crippen LogP contribution is -2.36. The number of fused-ring (bicyclic) bond motifs is 1. The number of rotatable bonds is 6. The summed E-state index contributed by atoms with van der Waals surface area (Å²) in [6.07, 6.45) is 5.67. The molecule has 1 aromatic heterocycles. The van der Waals surface area contributed by atoms with E-state index < -0.39 is 0 Å². The lowest BCUT2D eigenvalue weighted by molar-refractivity contribution is -0.134. The number of nitrogens with zero attached hydrogens (tertiary/aromatic N) is 2. The summed E-state index contributed by atoms with van der Waals surface area (Å²) in [5.74, 6) is 0.763. The topological polar surface area (TPSA) is 42.4 Å². The molecule has 4 rings (SSSR count). The standard InChI is InChI=1S/C21H20N2O2/c24-21(23(19-6-7-19)14-16-9-11-22-12-10-16)15-25-20-8-5-17-3-1-2-4-18(17)13-20/h1-5,8-13,19H,6-7,14-15H2. The monoisotopic (exact) mass is 332 g/mol. The van der Waals surface area contributed by atoms with E-state index in [-0.39, 0.29) is 12.5 Å². The lowest BCUT2D eigenvalue weighted by Gasteiger charge is -2.22. The van der Waals surface area contributed by atoms with Gasteiger partial charge in [0.25, 0.3) is 5.91 Å². The minimum Gasteiger partial charge on any atom is -0.484 e. The molecular formula is C21H20N2O2. The first-order valence-electron chi connectivity index (χ1n) is 8.59. The Kier molecular flexibility index (Phi) is 4.34. The fourth-order valence-electron chi connectivity index (χ4n) is 2.98. The number of aromatic nitrogens is 1. The molecule has 1 heterocycles. The molecule has 1 amide bonds. The summed E-state index contributed by atoms with van der Waals surface area (Å²) in [4.78, 5) is 18.6. The summed E-state index contributed by atoms with van der Waals surface area (Å²) >= 11 is 0. The molecule has 3 aromatic rings. The van der Waals surface area contributed by atoms with Crippen molar-refractivity contribution in [1.29, 1.82) is 0 Å². The van der Waals surface area contributed by atoms with Gasteiger partial charge in [0.15, 0.2) is 6.61 Å². The van der Waals surface area contributed by atoms with E-state index in [9.17, 15) is 4.79 Å². The predicted molar refractivity (Wildman–Crippen MR) is 97.3 cm³/mol. The van der Waals surface area contributed by atoms with Gasteiger partial charge in [0.1, 0.15) is 5.75 Å². The van der Waals surface area contributed by atoms with Gasteiger partial charge in [-0.25, -0.2) is 0 Å². The Hall–Kier alpha value is -2.88. The van der Waals surface area contributed by atoms with Crippen molar-refractivity contribution in [1.82, 2.24) is 9.88 Å². The Labute approximate surface area is 147 Å². The summed E-state index contributed by atoms with van der Waals surface area (Å²) < 4.78 is 5.77. The highest BCUT2D eigenvalue weighted by Gasteiger charge is 2.32. The first-order chi connectivity index (χ1) is 12.3. The zero-order chi connectivity index (χ0) is 17.1. The number of hydrogen-bond donors (Lipinski definition) is 0. The number of benzene rings is 2. The Bertz CT molecular complexity index is 875. The van der Waals surface area contributed by atoms with E-state index >= 15 is 0 Å². The molecule has 1 saturated carbocycles. The van der Waals surface area contributed by atoms with Crippen molar-refractivity contribution in [3.05, 3.63) is 72.6 Å². The van der Waals surface area contributed by atoms with Crippen LogP contribution in [0.3, 0.4) is 0 Å². The molecule has 4 heteroatoms. The molecule has 0 atom stereocenters. The van der Waals surface area contributed by atoms with Gasteiger partial charge in [-0.15, -0.1) is 0 Å². The maximum absolute atomic E-state index is 12.7. The highest BCUT2D eigenvalue weighted by molar-refractivity contribution is 5.84. The summed E-state index contributed by atoms with van der Waals surface area (Å²) in [6.45, 7) is 0.688. The Morgan fingerprint density at radius 1 is 1.04 bits per heavy atom. The Morgan fingerprint density at radius 2 is 1.80 bits per heavy atom. The van der Waals surface area contributed by atoms with Crippen molar-refractivity contribution in [2.45, 2.75) is 25.4 Å². The van der Waals surface area contributed by atoms with Gasteiger partial charge in [-0.1, -0.05) is 30.3 Å². The van der Waals surface area contributed by atoms with E-state index in [1.165, 1.54) is 5.39 Å². The molecule has 0 spiro atoms. The molecule has 2 aromatic carbocycles. The van der Waals surface area contributed by atoms with Gasteiger partial charge in [0, 0.05) is 25.0 Å². The number of ether oxygens (including phenoxy) is 1. The van der Waals surface area contributed by atoms with Gasteiger partial charge < -0.3 is 9.64 Å². The summed E-state index contributed by atoms with van der Waals surface area (Å²) in [7, 11) is 0. The molecule has 1 aliphatic carbocycles. The van der Waals surface area contributed by atoms with Crippen molar-refractivity contribution >= 4 is 16.7 Å². The summed E-state index contributed by atoms with van der Waals surface area (Å²) in [5.41, 5.74) is 1.10. The van der Waals surface area contributed by atoms with Gasteiger partial charge in [-0.05, 0) is 53.4 Å². The van der Waals surface area contributed by atoms with E-state index in [2.05, 4.69) is 11.1 Å². The second-order valence-electron chi connectivity index (χ2n) is 6.41. The maximum Gasteiger partial charge on any atom is 0.261 e. The second kappa shape index (κ2) is 6.93. The van der Waals surface area contributed by atoms with Crippen LogP contribution in [0.15, 0.2) is 67.0 Å². The van der Waals surface area contributed by atoms with Crippen molar-refractivity contribution in [3.63, 3.8) is 0 Å². The van der Waals surface area contributed by atoms with E-state index in [1.54, 1.807) is 12.4 Å². The smallest absolute Gasteiger partial charge is 0.261 e. The Balaban J connectivity index is 1.42. The minimum atomic E-state index is 0.0347. The van der Waals surface area contributed by atoms with Crippen LogP contribution in [0.1, 0.15) is 18.4 Å². The first-order valence-corrected chi connectivity index (χ1v) is 8.59. The molecule has 4 nitrogen and oxygen atoms in total. The van der Waals surface area contributed by atoms with Crippen LogP contribution in [0.5, 0.6) is 5.75 Å². The number of hydrogen-bond acceptors (Lipinski definition) is 3. The second-order valence-corrected chi connectivity index (χ2v) is 6.41. The van der Waals surface area contributed by atoms with Crippen LogP contribution < -0.4 is 4.74 Å². The lowest BCUT2D eigenvalue weighted by atomic mass is 10.1. The van der Waals surface area contributed by atoms with Gasteiger partial charge in [-0.2, -0.15) is 0 Å². The molecule has 0 saturated heterocycles. The molecule has 0 N–H and O–H groups in total. The number of carbonyl (C=O) groups is 1. The van der Waals surface area contributed by atoms with E-state index in [0.29, 0.717) is 12.6 Å². The molecule has 0 radical (unpaired) electrons. The summed E-state index contributed by atoms with van der Waals surface area (Å²) in [5, 5.41) is 2.28. The molecule has 126 valence electrons. The SMILES string of the molecule is O=C(COc1ccc2ccccc2c1)N(Cc1ccncc1)C1CC1. The average Bonchev–Trinajstić information content (AvgIpc) is 3.50. The van der Waals surface area contributed by atoms with Gasteiger partial charge in [0.2, 0.25) is 0 Å². The normalized spacial score (nSPS) is 13.6. The highest BCUT2D eigenvalue weighted by Crippen LogP contribution is 2.28. The quantitative estimate of drug-likeness (QED) is 0.689. The number of pyridine rings is 1. The average molecular weight is 332 g/mol. The van der Waals surface area contributed by atoms with Crippen LogP contribution in [0, 0.1) is 0 Å². The fourth-order valence-corrected chi connectivity index (χ4v) is 2.98. The van der Waals surface area contributed by atoms with Crippen molar-refractivity contribution in [3.8, 4) is 5.75 Å². The number of amides is 1.